The fraction of sp³-hybridized carbons (Fsp3) is 0.864. The summed E-state index contributed by atoms with van der Waals surface area (Å²) >= 11 is 0. The van der Waals surface area contributed by atoms with Crippen LogP contribution in [-0.4, -0.2) is 51.3 Å². The van der Waals surface area contributed by atoms with Crippen molar-refractivity contribution in [3.8, 4) is 0 Å². The molecule has 2 saturated carbocycles. The number of rotatable bonds is 20. The zero-order chi connectivity index (χ0) is 37.9. The lowest BCUT2D eigenvalue weighted by Crippen LogP contribution is -2.45. The van der Waals surface area contributed by atoms with Gasteiger partial charge in [-0.05, 0) is 104 Å². The molecular weight excluding hydrogens is 649 g/mol. The Hall–Kier alpha value is -0.506. The second kappa shape index (κ2) is 20.3. The number of aliphatic hydroxyl groups excluding tert-OH is 2. The van der Waals surface area contributed by atoms with Gasteiger partial charge < -0.3 is 19.1 Å². The van der Waals surface area contributed by atoms with Gasteiger partial charge in [0.2, 0.25) is 0 Å². The normalized spacial score (nSPS) is 30.0. The molecule has 4 nitrogen and oxygen atoms in total. The molecule has 0 heterocycles. The topological polar surface area (TPSA) is 58.9 Å². The second-order valence-corrected chi connectivity index (χ2v) is 29.1. The van der Waals surface area contributed by atoms with Crippen molar-refractivity contribution < 1.29 is 19.1 Å². The fourth-order valence-corrected chi connectivity index (χ4v) is 10.3. The van der Waals surface area contributed by atoms with E-state index in [0.717, 1.165) is 25.7 Å². The zero-order valence-electron chi connectivity index (χ0n) is 35.4. The van der Waals surface area contributed by atoms with Crippen LogP contribution in [0.15, 0.2) is 36.5 Å². The van der Waals surface area contributed by atoms with Gasteiger partial charge in [-0.3, -0.25) is 0 Å². The first kappa shape index (κ1) is 45.7. The minimum atomic E-state index is -1.98. The van der Waals surface area contributed by atoms with Gasteiger partial charge >= 0.3 is 0 Å². The van der Waals surface area contributed by atoms with Crippen LogP contribution in [0.4, 0.5) is 0 Å². The first-order chi connectivity index (χ1) is 23.1. The molecule has 0 bridgehead atoms. The van der Waals surface area contributed by atoms with E-state index in [1.54, 1.807) is 0 Å². The SMILES string of the molecule is CCCCC[C@H](C)/C=C/[C@@H]1[C@@H](C/C=C/C[C@@H]2[C@@H](/C=C/[C@H](CCCCC)O[Si](C)(C)C(C)(C)C)[C@H](C)C[C@@H]2O)[C@@H](O)C[C@H]1O[Si](C)(C)C(C)(C)C. The Balaban J connectivity index is 2.20. The lowest BCUT2D eigenvalue weighted by molar-refractivity contribution is 0.121. The maximum Gasteiger partial charge on any atom is 0.192 e. The standard InChI is InChI=1S/C44H84O4Si2/c1-15-17-19-23-33(3)27-29-39-38(41(46)32-42(39)48-50(13,14)44(8,9)10)26-22-21-25-37-36(34(4)31-40(37)45)30-28-35(24-20-18-16-2)47-49(11,12)43(5,6)7/h21-22,27-30,33-42,45-46H,15-20,23-26,31-32H2,1-14H3/b22-21+,29-27+,30-28+/t33-,34+,35-,36-,37+,38+,39+,40-,41-,42+/m0/s1. The van der Waals surface area contributed by atoms with E-state index in [9.17, 15) is 10.2 Å². The molecule has 0 aliphatic heterocycles. The van der Waals surface area contributed by atoms with Crippen molar-refractivity contribution in [1.29, 1.82) is 0 Å². The Bertz CT molecular complexity index is 1050. The Kier molecular flexibility index (Phi) is 18.5. The van der Waals surface area contributed by atoms with Crippen molar-refractivity contribution in [3.05, 3.63) is 36.5 Å². The van der Waals surface area contributed by atoms with E-state index in [4.69, 9.17) is 8.85 Å². The molecule has 0 amide bonds. The first-order valence-corrected chi connectivity index (χ1v) is 26.7. The van der Waals surface area contributed by atoms with Gasteiger partial charge in [-0.25, -0.2) is 0 Å². The van der Waals surface area contributed by atoms with E-state index >= 15 is 0 Å². The molecule has 292 valence electrons. The Morgan fingerprint density at radius 3 is 1.74 bits per heavy atom. The van der Waals surface area contributed by atoms with Gasteiger partial charge in [-0.15, -0.1) is 0 Å². The van der Waals surface area contributed by atoms with Crippen LogP contribution in [0.2, 0.25) is 36.3 Å². The molecular formula is C44H84O4Si2. The second-order valence-electron chi connectivity index (χ2n) is 19.6. The van der Waals surface area contributed by atoms with Crippen LogP contribution >= 0.6 is 0 Å². The van der Waals surface area contributed by atoms with Crippen LogP contribution in [0.1, 0.15) is 146 Å². The predicted octanol–water partition coefficient (Wildman–Crippen LogP) is 12.6. The first-order valence-electron chi connectivity index (χ1n) is 20.9. The van der Waals surface area contributed by atoms with Gasteiger partial charge in [-0.1, -0.05) is 144 Å². The highest BCUT2D eigenvalue weighted by Crippen LogP contribution is 2.45. The average molecular weight is 733 g/mol. The highest BCUT2D eigenvalue weighted by atomic mass is 28.4. The number of hydrogen-bond donors (Lipinski definition) is 2. The minimum Gasteiger partial charge on any atom is -0.413 e. The van der Waals surface area contributed by atoms with Gasteiger partial charge in [0.15, 0.2) is 16.6 Å². The Morgan fingerprint density at radius 1 is 0.700 bits per heavy atom. The molecule has 6 heteroatoms. The maximum absolute atomic E-state index is 11.4. The summed E-state index contributed by atoms with van der Waals surface area (Å²) < 4.78 is 14.0. The number of aliphatic hydroxyl groups is 2. The smallest absolute Gasteiger partial charge is 0.192 e. The van der Waals surface area contributed by atoms with Gasteiger partial charge in [0.25, 0.3) is 0 Å². The lowest BCUT2D eigenvalue weighted by Gasteiger charge is -2.40. The van der Waals surface area contributed by atoms with Crippen molar-refractivity contribution >= 4 is 16.6 Å². The summed E-state index contributed by atoms with van der Waals surface area (Å²) in [4.78, 5) is 0. The molecule has 10 atom stereocenters. The van der Waals surface area contributed by atoms with Crippen LogP contribution < -0.4 is 0 Å². The minimum absolute atomic E-state index is 0.0641. The van der Waals surface area contributed by atoms with Crippen LogP contribution in [-0.2, 0) is 8.85 Å². The molecule has 2 N–H and O–H groups in total. The van der Waals surface area contributed by atoms with Gasteiger partial charge in [-0.2, -0.15) is 0 Å². The summed E-state index contributed by atoms with van der Waals surface area (Å²) in [5.74, 6) is 1.91. The van der Waals surface area contributed by atoms with Crippen molar-refractivity contribution in [1.82, 2.24) is 0 Å². The number of hydrogen-bond acceptors (Lipinski definition) is 4. The van der Waals surface area contributed by atoms with Crippen LogP contribution in [0.3, 0.4) is 0 Å². The molecule has 2 rings (SSSR count). The average Bonchev–Trinajstić information content (AvgIpc) is 3.43. The van der Waals surface area contributed by atoms with E-state index in [2.05, 4.69) is 132 Å². The van der Waals surface area contributed by atoms with Crippen LogP contribution in [0.25, 0.3) is 0 Å². The van der Waals surface area contributed by atoms with Crippen molar-refractivity contribution in [2.75, 3.05) is 0 Å². The molecule has 0 unspecified atom stereocenters. The highest BCUT2D eigenvalue weighted by molar-refractivity contribution is 6.74. The molecule has 0 aromatic carbocycles. The van der Waals surface area contributed by atoms with Crippen molar-refractivity contribution in [2.24, 2.45) is 35.5 Å². The monoisotopic (exact) mass is 733 g/mol. The summed E-state index contributed by atoms with van der Waals surface area (Å²) in [5, 5.41) is 23.0. The van der Waals surface area contributed by atoms with Crippen LogP contribution in [0.5, 0.6) is 0 Å². The van der Waals surface area contributed by atoms with E-state index < -0.39 is 16.6 Å². The molecule has 50 heavy (non-hydrogen) atoms. The third-order valence-electron chi connectivity index (χ3n) is 13.2. The molecule has 0 radical (unpaired) electrons. The number of allylic oxidation sites excluding steroid dienone is 4. The van der Waals surface area contributed by atoms with Crippen molar-refractivity contribution in [3.63, 3.8) is 0 Å². The van der Waals surface area contributed by atoms with Gasteiger partial charge in [0.1, 0.15) is 0 Å². The molecule has 2 fully saturated rings. The maximum atomic E-state index is 11.4. The quantitative estimate of drug-likeness (QED) is 0.0743. The van der Waals surface area contributed by atoms with Gasteiger partial charge in [0.05, 0.1) is 24.4 Å². The summed E-state index contributed by atoms with van der Waals surface area (Å²) in [6.07, 6.45) is 26.8. The van der Waals surface area contributed by atoms with E-state index in [1.807, 2.05) is 0 Å². The summed E-state index contributed by atoms with van der Waals surface area (Å²) in [6.45, 7) is 32.5. The lowest BCUT2D eigenvalue weighted by atomic mass is 9.86. The Morgan fingerprint density at radius 2 is 1.20 bits per heavy atom. The molecule has 0 aromatic heterocycles. The van der Waals surface area contributed by atoms with E-state index in [-0.39, 0.29) is 52.2 Å². The summed E-state index contributed by atoms with van der Waals surface area (Å²) in [6, 6.07) is 0. The largest absolute Gasteiger partial charge is 0.413 e. The van der Waals surface area contributed by atoms with E-state index in [0.29, 0.717) is 24.2 Å². The molecule has 2 aliphatic rings. The van der Waals surface area contributed by atoms with Crippen LogP contribution in [0, 0.1) is 35.5 Å². The summed E-state index contributed by atoms with van der Waals surface area (Å²) in [5.41, 5.74) is 0. The zero-order valence-corrected chi connectivity index (χ0v) is 37.4. The molecule has 2 aliphatic carbocycles. The third kappa shape index (κ3) is 13.7. The van der Waals surface area contributed by atoms with Gasteiger partial charge in [0, 0.05) is 5.92 Å². The molecule has 0 spiro atoms. The highest BCUT2D eigenvalue weighted by Gasteiger charge is 2.47. The predicted molar refractivity (Wildman–Crippen MR) is 223 cm³/mol. The number of unbranched alkanes of at least 4 members (excludes halogenated alkanes) is 4. The molecule has 0 aromatic rings. The fourth-order valence-electron chi connectivity index (χ4n) is 7.64. The Labute approximate surface area is 313 Å². The third-order valence-corrected chi connectivity index (χ3v) is 22.2. The molecule has 0 saturated heterocycles. The van der Waals surface area contributed by atoms with Crippen molar-refractivity contribution in [2.45, 2.75) is 207 Å². The van der Waals surface area contributed by atoms with E-state index in [1.165, 1.54) is 44.9 Å². The summed E-state index contributed by atoms with van der Waals surface area (Å²) in [7, 11) is -3.88.